The molecule has 0 unspecified atom stereocenters. The van der Waals surface area contributed by atoms with Gasteiger partial charge in [0, 0.05) is 19.2 Å². The Morgan fingerprint density at radius 3 is 2.50 bits per heavy atom. The van der Waals surface area contributed by atoms with Gasteiger partial charge in [-0.3, -0.25) is 4.79 Å². The number of ether oxygens (including phenoxy) is 1. The van der Waals surface area contributed by atoms with Gasteiger partial charge >= 0.3 is 6.18 Å². The van der Waals surface area contributed by atoms with Crippen molar-refractivity contribution in [2.24, 2.45) is 0 Å². The molecule has 0 saturated carbocycles. The summed E-state index contributed by atoms with van der Waals surface area (Å²) in [4.78, 5) is 14.5. The first-order chi connectivity index (χ1) is 13.2. The van der Waals surface area contributed by atoms with E-state index >= 15 is 0 Å². The van der Waals surface area contributed by atoms with E-state index < -0.39 is 29.0 Å². The summed E-state index contributed by atoms with van der Waals surface area (Å²) in [6, 6.07) is 8.22. The Kier molecular flexibility index (Phi) is 5.88. The van der Waals surface area contributed by atoms with E-state index in [0.29, 0.717) is 5.75 Å². The van der Waals surface area contributed by atoms with Gasteiger partial charge in [0.25, 0.3) is 5.91 Å². The molecule has 1 aliphatic rings. The van der Waals surface area contributed by atoms with Crippen LogP contribution < -0.4 is 10.1 Å². The lowest BCUT2D eigenvalue weighted by atomic mass is 10.1. The summed E-state index contributed by atoms with van der Waals surface area (Å²) >= 11 is 0. The normalized spacial score (nSPS) is 16.0. The maximum atomic E-state index is 14.1. The SMILES string of the molecule is CN1CCC(Oc2ccc(F)c(NC(=O)c3ccccc3C(F)(F)F)c2)CC1. The molecule has 1 N–H and O–H groups in total. The monoisotopic (exact) mass is 396 g/mol. The Morgan fingerprint density at radius 1 is 1.14 bits per heavy atom. The maximum Gasteiger partial charge on any atom is 0.417 e. The van der Waals surface area contributed by atoms with Gasteiger partial charge in [0.2, 0.25) is 0 Å². The van der Waals surface area contributed by atoms with Crippen LogP contribution in [0.3, 0.4) is 0 Å². The molecule has 0 aliphatic carbocycles. The van der Waals surface area contributed by atoms with Crippen LogP contribution in [0.1, 0.15) is 28.8 Å². The number of nitrogens with zero attached hydrogens (tertiary/aromatic N) is 1. The van der Waals surface area contributed by atoms with Crippen LogP contribution >= 0.6 is 0 Å². The number of benzene rings is 2. The first-order valence-corrected chi connectivity index (χ1v) is 8.86. The van der Waals surface area contributed by atoms with Crippen molar-refractivity contribution in [2.75, 3.05) is 25.5 Å². The van der Waals surface area contributed by atoms with E-state index in [9.17, 15) is 22.4 Å². The van der Waals surface area contributed by atoms with Gasteiger partial charge in [-0.2, -0.15) is 13.2 Å². The van der Waals surface area contributed by atoms with Crippen molar-refractivity contribution in [3.63, 3.8) is 0 Å². The van der Waals surface area contributed by atoms with E-state index in [2.05, 4.69) is 10.2 Å². The zero-order chi connectivity index (χ0) is 20.3. The molecule has 1 aliphatic heterocycles. The number of amides is 1. The second-order valence-electron chi connectivity index (χ2n) is 6.76. The number of hydrogen-bond acceptors (Lipinski definition) is 3. The molecule has 1 fully saturated rings. The summed E-state index contributed by atoms with van der Waals surface area (Å²) in [6.45, 7) is 1.76. The van der Waals surface area contributed by atoms with Crippen molar-refractivity contribution in [3.8, 4) is 5.75 Å². The summed E-state index contributed by atoms with van der Waals surface area (Å²) in [5.41, 5.74) is -1.88. The number of anilines is 1. The Morgan fingerprint density at radius 2 is 1.82 bits per heavy atom. The number of carbonyl (C=O) groups is 1. The van der Waals surface area contributed by atoms with Crippen LogP contribution in [0.5, 0.6) is 5.75 Å². The van der Waals surface area contributed by atoms with Crippen molar-refractivity contribution < 1.29 is 27.1 Å². The molecule has 1 heterocycles. The molecule has 0 bridgehead atoms. The van der Waals surface area contributed by atoms with Crippen molar-refractivity contribution in [1.82, 2.24) is 4.90 Å². The molecule has 28 heavy (non-hydrogen) atoms. The molecule has 4 nitrogen and oxygen atoms in total. The standard InChI is InChI=1S/C20H20F4N2O2/c1-26-10-8-13(9-11-26)28-14-6-7-17(21)18(12-14)25-19(27)15-4-2-3-5-16(15)20(22,23)24/h2-7,12-13H,8-11H2,1H3,(H,25,27). The fraction of sp³-hybridized carbons (Fsp3) is 0.350. The Balaban J connectivity index is 1.76. The van der Waals surface area contributed by atoms with E-state index in [-0.39, 0.29) is 11.8 Å². The van der Waals surface area contributed by atoms with Gasteiger partial charge in [0.05, 0.1) is 16.8 Å². The summed E-state index contributed by atoms with van der Waals surface area (Å²) < 4.78 is 59.3. The van der Waals surface area contributed by atoms with Crippen molar-refractivity contribution in [1.29, 1.82) is 0 Å². The first kappa shape index (κ1) is 20.1. The van der Waals surface area contributed by atoms with Gasteiger partial charge in [-0.1, -0.05) is 12.1 Å². The van der Waals surface area contributed by atoms with Crippen LogP contribution in [0.2, 0.25) is 0 Å². The lowest BCUT2D eigenvalue weighted by molar-refractivity contribution is -0.137. The minimum atomic E-state index is -4.69. The van der Waals surface area contributed by atoms with Crippen LogP contribution in [-0.2, 0) is 6.18 Å². The van der Waals surface area contributed by atoms with E-state index in [1.165, 1.54) is 24.3 Å². The number of likely N-dealkylation sites (tertiary alicyclic amines) is 1. The number of alkyl halides is 3. The van der Waals surface area contributed by atoms with Gasteiger partial charge in [0.15, 0.2) is 0 Å². The minimum absolute atomic E-state index is 0.0313. The third-order valence-electron chi connectivity index (χ3n) is 4.63. The molecule has 0 spiro atoms. The third-order valence-corrected chi connectivity index (χ3v) is 4.63. The maximum absolute atomic E-state index is 14.1. The molecule has 1 saturated heterocycles. The topological polar surface area (TPSA) is 41.6 Å². The number of piperidine rings is 1. The van der Waals surface area contributed by atoms with Crippen molar-refractivity contribution >= 4 is 11.6 Å². The van der Waals surface area contributed by atoms with E-state index in [0.717, 1.165) is 44.1 Å². The summed E-state index contributed by atoms with van der Waals surface area (Å²) in [5, 5.41) is 2.22. The fourth-order valence-electron chi connectivity index (χ4n) is 3.09. The smallest absolute Gasteiger partial charge is 0.417 e. The number of carbonyl (C=O) groups excluding carboxylic acids is 1. The fourth-order valence-corrected chi connectivity index (χ4v) is 3.09. The second kappa shape index (κ2) is 8.18. The van der Waals surface area contributed by atoms with Gasteiger partial charge in [-0.25, -0.2) is 4.39 Å². The molecule has 2 aromatic rings. The first-order valence-electron chi connectivity index (χ1n) is 8.86. The van der Waals surface area contributed by atoms with E-state index in [1.54, 1.807) is 0 Å². The zero-order valence-corrected chi connectivity index (χ0v) is 15.2. The van der Waals surface area contributed by atoms with E-state index in [1.807, 2.05) is 7.05 Å². The summed E-state index contributed by atoms with van der Waals surface area (Å²) in [5.74, 6) is -1.44. The average Bonchev–Trinajstić information content (AvgIpc) is 2.65. The number of nitrogens with one attached hydrogen (secondary N) is 1. The third kappa shape index (κ3) is 4.81. The van der Waals surface area contributed by atoms with Gasteiger partial charge in [-0.15, -0.1) is 0 Å². The van der Waals surface area contributed by atoms with Crippen LogP contribution in [0.25, 0.3) is 0 Å². The molecule has 0 atom stereocenters. The quantitative estimate of drug-likeness (QED) is 0.770. The molecule has 0 aromatic heterocycles. The Bertz CT molecular complexity index is 846. The number of rotatable bonds is 4. The van der Waals surface area contributed by atoms with Crippen LogP contribution in [-0.4, -0.2) is 37.0 Å². The predicted molar refractivity (Wildman–Crippen MR) is 96.9 cm³/mol. The zero-order valence-electron chi connectivity index (χ0n) is 15.2. The second-order valence-corrected chi connectivity index (χ2v) is 6.76. The predicted octanol–water partition coefficient (Wildman–Crippen LogP) is 4.57. The summed E-state index contributed by atoms with van der Waals surface area (Å²) in [7, 11) is 2.01. The molecule has 3 rings (SSSR count). The number of hydrogen-bond donors (Lipinski definition) is 1. The molecular formula is C20H20F4N2O2. The highest BCUT2D eigenvalue weighted by Gasteiger charge is 2.35. The van der Waals surface area contributed by atoms with E-state index in [4.69, 9.17) is 4.74 Å². The molecule has 1 amide bonds. The average molecular weight is 396 g/mol. The highest BCUT2D eigenvalue weighted by Crippen LogP contribution is 2.32. The largest absolute Gasteiger partial charge is 0.490 e. The van der Waals surface area contributed by atoms with Crippen LogP contribution in [0, 0.1) is 5.82 Å². The Hall–Kier alpha value is -2.61. The molecular weight excluding hydrogens is 376 g/mol. The molecule has 2 aromatic carbocycles. The van der Waals surface area contributed by atoms with Gasteiger partial charge in [0.1, 0.15) is 17.7 Å². The molecule has 0 radical (unpaired) electrons. The lowest BCUT2D eigenvalue weighted by Crippen LogP contribution is -2.35. The highest BCUT2D eigenvalue weighted by atomic mass is 19.4. The molecule has 150 valence electrons. The lowest BCUT2D eigenvalue weighted by Gasteiger charge is -2.29. The Labute approximate surface area is 160 Å². The number of halogens is 4. The van der Waals surface area contributed by atoms with Gasteiger partial charge in [-0.05, 0) is 44.2 Å². The molecule has 8 heteroatoms. The van der Waals surface area contributed by atoms with Crippen molar-refractivity contribution in [2.45, 2.75) is 25.1 Å². The minimum Gasteiger partial charge on any atom is -0.490 e. The van der Waals surface area contributed by atoms with Gasteiger partial charge < -0.3 is 15.0 Å². The summed E-state index contributed by atoms with van der Waals surface area (Å²) in [6.07, 6.45) is -3.09. The van der Waals surface area contributed by atoms with Crippen molar-refractivity contribution in [3.05, 3.63) is 59.4 Å². The van der Waals surface area contributed by atoms with Crippen LogP contribution in [0.4, 0.5) is 23.2 Å². The highest BCUT2D eigenvalue weighted by molar-refractivity contribution is 6.05. The van der Waals surface area contributed by atoms with Crippen LogP contribution in [0.15, 0.2) is 42.5 Å².